The lowest BCUT2D eigenvalue weighted by atomic mass is 10.3. The summed E-state index contributed by atoms with van der Waals surface area (Å²) in [6.45, 7) is 2.37. The van der Waals surface area contributed by atoms with Gasteiger partial charge >= 0.3 is 12.1 Å². The molecule has 0 spiro atoms. The summed E-state index contributed by atoms with van der Waals surface area (Å²) >= 11 is 0. The van der Waals surface area contributed by atoms with Crippen molar-refractivity contribution in [1.29, 1.82) is 0 Å². The first-order valence-electron chi connectivity index (χ1n) is 4.18. The summed E-state index contributed by atoms with van der Waals surface area (Å²) < 4.78 is 9.08. The van der Waals surface area contributed by atoms with E-state index in [9.17, 15) is 9.59 Å². The second-order valence-electron chi connectivity index (χ2n) is 2.39. The van der Waals surface area contributed by atoms with Crippen LogP contribution in [0.15, 0.2) is 0 Å². The fourth-order valence-electron chi connectivity index (χ4n) is 0.666. The zero-order chi connectivity index (χ0) is 10.1. The van der Waals surface area contributed by atoms with Gasteiger partial charge in [-0.25, -0.2) is 4.79 Å². The van der Waals surface area contributed by atoms with Crippen LogP contribution in [0.25, 0.3) is 0 Å². The summed E-state index contributed by atoms with van der Waals surface area (Å²) in [7, 11) is 1.28. The van der Waals surface area contributed by atoms with Gasteiger partial charge in [0.15, 0.2) is 0 Å². The second-order valence-corrected chi connectivity index (χ2v) is 2.39. The van der Waals surface area contributed by atoms with Crippen molar-refractivity contribution in [3.63, 3.8) is 0 Å². The van der Waals surface area contributed by atoms with Gasteiger partial charge in [-0.05, 0) is 6.42 Å². The molecule has 0 aliphatic carbocycles. The van der Waals surface area contributed by atoms with E-state index in [0.29, 0.717) is 6.42 Å². The third-order valence-corrected chi connectivity index (χ3v) is 1.27. The highest BCUT2D eigenvalue weighted by atomic mass is 16.5. The molecule has 0 rings (SSSR count). The number of carbonyl (C=O) groups is 2. The Bertz CT molecular complexity index is 170. The van der Waals surface area contributed by atoms with Crippen LogP contribution in [-0.2, 0) is 14.3 Å². The van der Waals surface area contributed by atoms with Crippen LogP contribution in [0, 0.1) is 0 Å². The van der Waals surface area contributed by atoms with E-state index in [1.807, 2.05) is 6.92 Å². The normalized spacial score (nSPS) is 9.08. The highest BCUT2D eigenvalue weighted by Gasteiger charge is 2.01. The average molecular weight is 189 g/mol. The first-order chi connectivity index (χ1) is 6.20. The first kappa shape index (κ1) is 11.7. The Morgan fingerprint density at radius 2 is 2.08 bits per heavy atom. The molecular weight excluding hydrogens is 174 g/mol. The van der Waals surface area contributed by atoms with Crippen molar-refractivity contribution < 1.29 is 19.1 Å². The van der Waals surface area contributed by atoms with Gasteiger partial charge in [0.25, 0.3) is 0 Å². The summed E-state index contributed by atoms with van der Waals surface area (Å²) in [6, 6.07) is 0. The largest absolute Gasteiger partial charge is 0.464 e. The molecule has 5 nitrogen and oxygen atoms in total. The molecule has 0 saturated carbocycles. The van der Waals surface area contributed by atoms with Gasteiger partial charge in [-0.1, -0.05) is 6.92 Å². The summed E-state index contributed by atoms with van der Waals surface area (Å²) in [5.74, 6) is -0.242. The molecule has 0 aliphatic heterocycles. The molecule has 1 amide bonds. The van der Waals surface area contributed by atoms with Crippen LogP contribution in [0.1, 0.15) is 19.8 Å². The second kappa shape index (κ2) is 7.39. The molecule has 0 radical (unpaired) electrons. The summed E-state index contributed by atoms with van der Waals surface area (Å²) in [4.78, 5) is 21.3. The van der Waals surface area contributed by atoms with Crippen molar-refractivity contribution in [2.24, 2.45) is 0 Å². The van der Waals surface area contributed by atoms with E-state index in [2.05, 4.69) is 10.1 Å². The van der Waals surface area contributed by atoms with E-state index >= 15 is 0 Å². The molecule has 0 bridgehead atoms. The van der Waals surface area contributed by atoms with Crippen LogP contribution in [0.4, 0.5) is 4.79 Å². The van der Waals surface area contributed by atoms with Gasteiger partial charge < -0.3 is 14.8 Å². The Balaban J connectivity index is 3.25. The monoisotopic (exact) mass is 189 g/mol. The van der Waals surface area contributed by atoms with Gasteiger partial charge in [0, 0.05) is 6.42 Å². The van der Waals surface area contributed by atoms with Gasteiger partial charge in [-0.3, -0.25) is 4.79 Å². The van der Waals surface area contributed by atoms with E-state index in [-0.39, 0.29) is 19.1 Å². The number of amides is 1. The Morgan fingerprint density at radius 1 is 1.38 bits per heavy atom. The molecule has 0 fully saturated rings. The lowest BCUT2D eigenvalue weighted by Gasteiger charge is -2.04. The molecule has 0 heterocycles. The maximum Gasteiger partial charge on any atom is 0.406 e. The van der Waals surface area contributed by atoms with Crippen LogP contribution >= 0.6 is 0 Å². The predicted octanol–water partition coefficient (Wildman–Crippen LogP) is 0.686. The SMILES string of the molecule is CCCC(=O)OCCNC(=O)OC. The zero-order valence-electron chi connectivity index (χ0n) is 7.96. The predicted molar refractivity (Wildman–Crippen MR) is 46.3 cm³/mol. The number of methoxy groups -OCH3 is 1. The minimum absolute atomic E-state index is 0.188. The van der Waals surface area contributed by atoms with Crippen LogP contribution in [0.2, 0.25) is 0 Å². The van der Waals surface area contributed by atoms with Crippen molar-refractivity contribution in [3.8, 4) is 0 Å². The molecule has 0 aliphatic rings. The molecule has 0 aromatic rings. The molecule has 13 heavy (non-hydrogen) atoms. The fourth-order valence-corrected chi connectivity index (χ4v) is 0.666. The van der Waals surface area contributed by atoms with Gasteiger partial charge in [-0.15, -0.1) is 0 Å². The molecule has 0 saturated heterocycles. The molecule has 0 aromatic carbocycles. The quantitative estimate of drug-likeness (QED) is 0.510. The minimum atomic E-state index is -0.522. The Labute approximate surface area is 77.4 Å². The van der Waals surface area contributed by atoms with Crippen molar-refractivity contribution in [2.45, 2.75) is 19.8 Å². The topological polar surface area (TPSA) is 64.6 Å². The third-order valence-electron chi connectivity index (χ3n) is 1.27. The summed E-state index contributed by atoms with van der Waals surface area (Å²) in [6.07, 6.45) is 0.660. The molecule has 1 N–H and O–H groups in total. The number of carbonyl (C=O) groups excluding carboxylic acids is 2. The number of rotatable bonds is 5. The van der Waals surface area contributed by atoms with E-state index in [1.165, 1.54) is 7.11 Å². The maximum atomic E-state index is 10.8. The van der Waals surface area contributed by atoms with Gasteiger partial charge in [0.05, 0.1) is 13.7 Å². The molecule has 5 heteroatoms. The van der Waals surface area contributed by atoms with Gasteiger partial charge in [0.2, 0.25) is 0 Å². The van der Waals surface area contributed by atoms with Crippen molar-refractivity contribution in [1.82, 2.24) is 5.32 Å². The number of nitrogens with one attached hydrogen (secondary N) is 1. The Hall–Kier alpha value is -1.26. The average Bonchev–Trinajstić information content (AvgIpc) is 2.12. The first-order valence-corrected chi connectivity index (χ1v) is 4.18. The highest BCUT2D eigenvalue weighted by molar-refractivity contribution is 5.69. The van der Waals surface area contributed by atoms with Crippen LogP contribution < -0.4 is 5.32 Å². The third kappa shape index (κ3) is 7.11. The van der Waals surface area contributed by atoms with E-state index in [0.717, 1.165) is 6.42 Å². The fraction of sp³-hybridized carbons (Fsp3) is 0.750. The standard InChI is InChI=1S/C8H15NO4/c1-3-4-7(10)13-6-5-9-8(11)12-2/h3-6H2,1-2H3,(H,9,11). The Morgan fingerprint density at radius 3 is 2.62 bits per heavy atom. The lowest BCUT2D eigenvalue weighted by molar-refractivity contribution is -0.143. The number of esters is 1. The number of hydrogen-bond donors (Lipinski definition) is 1. The number of alkyl carbamates (subject to hydrolysis) is 1. The minimum Gasteiger partial charge on any atom is -0.464 e. The molecule has 0 unspecified atom stereocenters. The number of ether oxygens (including phenoxy) is 2. The Kier molecular flexibility index (Phi) is 6.68. The molecular formula is C8H15NO4. The maximum absolute atomic E-state index is 10.8. The summed E-state index contributed by atoms with van der Waals surface area (Å²) in [5.41, 5.74) is 0. The molecule has 0 aromatic heterocycles. The van der Waals surface area contributed by atoms with Crippen LogP contribution in [0.3, 0.4) is 0 Å². The number of hydrogen-bond acceptors (Lipinski definition) is 4. The van der Waals surface area contributed by atoms with E-state index in [1.54, 1.807) is 0 Å². The van der Waals surface area contributed by atoms with Gasteiger partial charge in [-0.2, -0.15) is 0 Å². The lowest BCUT2D eigenvalue weighted by Crippen LogP contribution is -2.27. The van der Waals surface area contributed by atoms with E-state index in [4.69, 9.17) is 4.74 Å². The summed E-state index contributed by atoms with van der Waals surface area (Å²) in [5, 5.41) is 2.39. The van der Waals surface area contributed by atoms with Crippen LogP contribution in [-0.4, -0.2) is 32.3 Å². The zero-order valence-corrected chi connectivity index (χ0v) is 7.96. The van der Waals surface area contributed by atoms with E-state index < -0.39 is 6.09 Å². The molecule has 76 valence electrons. The van der Waals surface area contributed by atoms with Crippen molar-refractivity contribution in [2.75, 3.05) is 20.3 Å². The highest BCUT2D eigenvalue weighted by Crippen LogP contribution is 1.89. The van der Waals surface area contributed by atoms with Crippen molar-refractivity contribution in [3.05, 3.63) is 0 Å². The molecule has 0 atom stereocenters. The smallest absolute Gasteiger partial charge is 0.406 e. The van der Waals surface area contributed by atoms with Gasteiger partial charge in [0.1, 0.15) is 6.61 Å². The van der Waals surface area contributed by atoms with Crippen LogP contribution in [0.5, 0.6) is 0 Å². The van der Waals surface area contributed by atoms with Crippen molar-refractivity contribution >= 4 is 12.1 Å².